The highest BCUT2D eigenvalue weighted by atomic mass is 19.1. The average molecular weight is 333 g/mol. The summed E-state index contributed by atoms with van der Waals surface area (Å²) in [7, 11) is 1.26. The second kappa shape index (κ2) is 6.61. The molecule has 126 valence electrons. The number of nitrogens with zero attached hydrogens (tertiary/aromatic N) is 3. The highest BCUT2D eigenvalue weighted by Gasteiger charge is 2.26. The lowest BCUT2D eigenvalue weighted by molar-refractivity contribution is -0.141. The van der Waals surface area contributed by atoms with Gasteiger partial charge in [-0.3, -0.25) is 9.59 Å². The number of benzene rings is 1. The van der Waals surface area contributed by atoms with Crippen LogP contribution in [0, 0.1) is 12.7 Å². The van der Waals surface area contributed by atoms with Gasteiger partial charge in [-0.05, 0) is 26.0 Å². The van der Waals surface area contributed by atoms with Crippen LogP contribution < -0.4 is 5.43 Å². The molecule has 2 aromatic rings. The number of hydrogen-bond donors (Lipinski definition) is 1. The Labute approximate surface area is 137 Å². The van der Waals surface area contributed by atoms with E-state index in [-0.39, 0.29) is 5.69 Å². The molecule has 7 nitrogen and oxygen atoms in total. The van der Waals surface area contributed by atoms with E-state index in [1.54, 1.807) is 13.0 Å². The van der Waals surface area contributed by atoms with Gasteiger partial charge in [0.25, 0.3) is 5.91 Å². The van der Waals surface area contributed by atoms with E-state index in [4.69, 9.17) is 5.11 Å². The summed E-state index contributed by atoms with van der Waals surface area (Å²) in [4.78, 5) is 36.4. The third kappa shape index (κ3) is 3.17. The maximum absolute atomic E-state index is 14.0. The van der Waals surface area contributed by atoms with Crippen molar-refractivity contribution < 1.29 is 19.1 Å². The fourth-order valence-electron chi connectivity index (χ4n) is 2.07. The van der Waals surface area contributed by atoms with Crippen molar-refractivity contribution in [2.24, 2.45) is 0 Å². The smallest absolute Gasteiger partial charge is 0.326 e. The van der Waals surface area contributed by atoms with E-state index in [1.807, 2.05) is 0 Å². The number of likely N-dealkylation sites (N-methyl/N-ethyl adjacent to an activating group) is 1. The van der Waals surface area contributed by atoms with E-state index < -0.39 is 34.9 Å². The van der Waals surface area contributed by atoms with Crippen LogP contribution in [0.25, 0.3) is 5.69 Å². The van der Waals surface area contributed by atoms with Gasteiger partial charge in [-0.15, -0.1) is 0 Å². The number of halogens is 1. The van der Waals surface area contributed by atoms with Crippen LogP contribution in [0.1, 0.15) is 23.1 Å². The Balaban J connectivity index is 2.55. The third-order valence-corrected chi connectivity index (χ3v) is 3.65. The summed E-state index contributed by atoms with van der Waals surface area (Å²) < 4.78 is 15.1. The number of aromatic nitrogens is 2. The van der Waals surface area contributed by atoms with Crippen LogP contribution in [0.3, 0.4) is 0 Å². The number of carboxylic acids is 1. The Hall–Kier alpha value is -3.03. The number of carbonyl (C=O) groups excluding carboxylic acids is 1. The van der Waals surface area contributed by atoms with E-state index in [1.165, 1.54) is 32.2 Å². The molecule has 2 rings (SSSR count). The van der Waals surface area contributed by atoms with Gasteiger partial charge in [-0.1, -0.05) is 12.1 Å². The summed E-state index contributed by atoms with van der Waals surface area (Å²) in [5.41, 5.74) is -0.706. The maximum Gasteiger partial charge on any atom is 0.326 e. The summed E-state index contributed by atoms with van der Waals surface area (Å²) in [5.74, 6) is -2.63. The second-order valence-electron chi connectivity index (χ2n) is 5.29. The fourth-order valence-corrected chi connectivity index (χ4v) is 2.07. The first-order valence-electron chi connectivity index (χ1n) is 7.10. The summed E-state index contributed by atoms with van der Waals surface area (Å²) in [5, 5.41) is 12.9. The molecule has 1 N–H and O–H groups in total. The fraction of sp³-hybridized carbons (Fsp3) is 0.250. The molecule has 1 aromatic heterocycles. The van der Waals surface area contributed by atoms with Crippen molar-refractivity contribution >= 4 is 11.9 Å². The first-order chi connectivity index (χ1) is 11.2. The lowest BCUT2D eigenvalue weighted by Crippen LogP contribution is -2.42. The van der Waals surface area contributed by atoms with Crippen molar-refractivity contribution in [2.75, 3.05) is 7.05 Å². The Morgan fingerprint density at radius 1 is 1.33 bits per heavy atom. The zero-order chi connectivity index (χ0) is 18.0. The molecule has 0 aliphatic carbocycles. The molecule has 0 aliphatic rings. The molecule has 0 radical (unpaired) electrons. The molecule has 24 heavy (non-hydrogen) atoms. The molecule has 0 fully saturated rings. The molecular weight excluding hydrogens is 317 g/mol. The molecule has 0 saturated heterocycles. The monoisotopic (exact) mass is 333 g/mol. The number of carbonyl (C=O) groups is 2. The summed E-state index contributed by atoms with van der Waals surface area (Å²) in [6.45, 7) is 2.86. The van der Waals surface area contributed by atoms with Crippen molar-refractivity contribution in [1.82, 2.24) is 14.7 Å². The lowest BCUT2D eigenvalue weighted by atomic mass is 10.2. The molecule has 1 amide bonds. The lowest BCUT2D eigenvalue weighted by Gasteiger charge is -2.21. The van der Waals surface area contributed by atoms with Crippen LogP contribution in [0.4, 0.5) is 4.39 Å². The van der Waals surface area contributed by atoms with Gasteiger partial charge in [0.15, 0.2) is 5.69 Å². The highest BCUT2D eigenvalue weighted by molar-refractivity contribution is 5.94. The van der Waals surface area contributed by atoms with Crippen molar-refractivity contribution in [3.63, 3.8) is 0 Å². The average Bonchev–Trinajstić information content (AvgIpc) is 2.54. The molecule has 0 spiro atoms. The molecule has 0 aliphatic heterocycles. The molecule has 1 aromatic carbocycles. The van der Waals surface area contributed by atoms with Crippen molar-refractivity contribution in [3.05, 3.63) is 57.8 Å². The van der Waals surface area contributed by atoms with E-state index >= 15 is 0 Å². The zero-order valence-corrected chi connectivity index (χ0v) is 13.4. The zero-order valence-electron chi connectivity index (χ0n) is 13.4. The van der Waals surface area contributed by atoms with Crippen molar-refractivity contribution in [3.8, 4) is 5.69 Å². The number of amides is 1. The van der Waals surface area contributed by atoms with Crippen LogP contribution >= 0.6 is 0 Å². The van der Waals surface area contributed by atoms with Crippen LogP contribution in [-0.2, 0) is 4.79 Å². The minimum absolute atomic E-state index is 0.0815. The largest absolute Gasteiger partial charge is 0.480 e. The van der Waals surface area contributed by atoms with Crippen LogP contribution in [0.5, 0.6) is 0 Å². The SMILES string of the molecule is Cc1cc(=O)c(C(=O)N(C)C(C)C(=O)O)nn1-c1ccccc1F. The van der Waals surface area contributed by atoms with Crippen LogP contribution in [0.15, 0.2) is 35.1 Å². The van der Waals surface area contributed by atoms with Gasteiger partial charge >= 0.3 is 5.97 Å². The van der Waals surface area contributed by atoms with Gasteiger partial charge in [-0.25, -0.2) is 13.9 Å². The number of carboxylic acid groups (broad SMARTS) is 1. The van der Waals surface area contributed by atoms with Crippen molar-refractivity contribution in [2.45, 2.75) is 19.9 Å². The van der Waals surface area contributed by atoms with Gasteiger partial charge in [0, 0.05) is 18.8 Å². The highest BCUT2D eigenvalue weighted by Crippen LogP contribution is 2.13. The first kappa shape index (κ1) is 17.3. The summed E-state index contributed by atoms with van der Waals surface area (Å²) >= 11 is 0. The van der Waals surface area contributed by atoms with Crippen LogP contribution in [0.2, 0.25) is 0 Å². The predicted molar refractivity (Wildman–Crippen MR) is 83.7 cm³/mol. The third-order valence-electron chi connectivity index (χ3n) is 3.65. The number of aryl methyl sites for hydroxylation is 1. The molecule has 0 saturated carbocycles. The van der Waals surface area contributed by atoms with Crippen molar-refractivity contribution in [1.29, 1.82) is 0 Å². The molecule has 1 atom stereocenters. The van der Waals surface area contributed by atoms with Gasteiger partial charge in [0.05, 0.1) is 0 Å². The topological polar surface area (TPSA) is 92.5 Å². The minimum atomic E-state index is -1.22. The van der Waals surface area contributed by atoms with E-state index in [2.05, 4.69) is 5.10 Å². The quantitative estimate of drug-likeness (QED) is 0.908. The van der Waals surface area contributed by atoms with Crippen LogP contribution in [-0.4, -0.2) is 44.8 Å². The first-order valence-corrected chi connectivity index (χ1v) is 7.10. The number of para-hydroxylation sites is 1. The number of aliphatic carboxylic acids is 1. The summed E-state index contributed by atoms with van der Waals surface area (Å²) in [6.07, 6.45) is 0. The molecule has 8 heteroatoms. The normalized spacial score (nSPS) is 11.8. The Morgan fingerprint density at radius 2 is 1.96 bits per heavy atom. The maximum atomic E-state index is 14.0. The number of rotatable bonds is 4. The van der Waals surface area contributed by atoms with Gasteiger partial charge in [0.1, 0.15) is 17.5 Å². The Kier molecular flexibility index (Phi) is 4.77. The van der Waals surface area contributed by atoms with Gasteiger partial charge in [0.2, 0.25) is 5.43 Å². The van der Waals surface area contributed by atoms with Gasteiger partial charge < -0.3 is 10.0 Å². The number of hydrogen-bond acceptors (Lipinski definition) is 4. The molecule has 1 heterocycles. The minimum Gasteiger partial charge on any atom is -0.480 e. The van der Waals surface area contributed by atoms with E-state index in [9.17, 15) is 18.8 Å². The van der Waals surface area contributed by atoms with E-state index in [0.29, 0.717) is 5.69 Å². The van der Waals surface area contributed by atoms with E-state index in [0.717, 1.165) is 15.6 Å². The Morgan fingerprint density at radius 3 is 2.54 bits per heavy atom. The second-order valence-corrected chi connectivity index (χ2v) is 5.29. The molecular formula is C16H16FN3O4. The molecule has 0 bridgehead atoms. The molecule has 1 unspecified atom stereocenters. The summed E-state index contributed by atoms with van der Waals surface area (Å²) in [6, 6.07) is 5.81. The Bertz CT molecular complexity index is 863. The van der Waals surface area contributed by atoms with Gasteiger partial charge in [-0.2, -0.15) is 5.10 Å². The predicted octanol–water partition coefficient (Wildman–Crippen LogP) is 1.23. The standard InChI is InChI=1S/C16H16FN3O4/c1-9-8-13(21)14(15(22)19(3)10(2)16(23)24)18-20(9)12-7-5-4-6-11(12)17/h4-8,10H,1-3H3,(H,23,24).